The van der Waals surface area contributed by atoms with Crippen LogP contribution < -0.4 is 10.2 Å². The minimum absolute atomic E-state index is 0.0597. The molecule has 0 aliphatic carbocycles. The summed E-state index contributed by atoms with van der Waals surface area (Å²) in [5, 5.41) is 2.11. The molecule has 2 heterocycles. The fraction of sp³-hybridized carbons (Fsp3) is 0.471. The Morgan fingerprint density at radius 2 is 1.88 bits per heavy atom. The molecule has 3 rings (SSSR count). The van der Waals surface area contributed by atoms with E-state index in [1.54, 1.807) is 4.90 Å². The number of rotatable bonds is 3. The Bertz CT molecular complexity index is 669. The summed E-state index contributed by atoms with van der Waals surface area (Å²) in [7, 11) is 0. The Hall–Kier alpha value is -2.31. The van der Waals surface area contributed by atoms with Gasteiger partial charge in [-0.2, -0.15) is 0 Å². The molecule has 0 spiro atoms. The Balaban J connectivity index is 1.87. The van der Waals surface area contributed by atoms with E-state index in [2.05, 4.69) is 5.32 Å². The molecular weight excluding hydrogens is 318 g/mol. The van der Waals surface area contributed by atoms with Gasteiger partial charge in [0.25, 0.3) is 0 Å². The van der Waals surface area contributed by atoms with E-state index in [1.165, 1.54) is 12.1 Å². The van der Waals surface area contributed by atoms with Gasteiger partial charge in [-0.25, -0.2) is 8.78 Å². The van der Waals surface area contributed by atoms with Crippen molar-refractivity contribution >= 4 is 23.8 Å². The number of anilines is 1. The lowest BCUT2D eigenvalue weighted by Gasteiger charge is -2.32. The summed E-state index contributed by atoms with van der Waals surface area (Å²) < 4.78 is 29.0. The SMILES string of the molecule is O=C[C@H]1CCCN(c2cc(F)c(C3CCC(=O)NC3=O)c(F)c2)C1. The van der Waals surface area contributed by atoms with E-state index in [0.717, 1.165) is 19.1 Å². The number of hydrogen-bond donors (Lipinski definition) is 1. The number of aldehydes is 1. The second-order valence-electron chi connectivity index (χ2n) is 6.31. The van der Waals surface area contributed by atoms with Gasteiger partial charge in [-0.3, -0.25) is 14.9 Å². The molecule has 1 aromatic rings. The molecular formula is C17H18F2N2O3. The molecule has 7 heteroatoms. The average molecular weight is 336 g/mol. The highest BCUT2D eigenvalue weighted by molar-refractivity contribution is 6.01. The molecule has 2 aliphatic rings. The van der Waals surface area contributed by atoms with E-state index >= 15 is 0 Å². The minimum atomic E-state index is -0.999. The Morgan fingerprint density at radius 3 is 2.50 bits per heavy atom. The van der Waals surface area contributed by atoms with Crippen molar-refractivity contribution < 1.29 is 23.2 Å². The van der Waals surface area contributed by atoms with E-state index in [4.69, 9.17) is 0 Å². The highest BCUT2D eigenvalue weighted by Gasteiger charge is 2.33. The van der Waals surface area contributed by atoms with Crippen molar-refractivity contribution in [1.82, 2.24) is 5.32 Å². The van der Waals surface area contributed by atoms with Crippen molar-refractivity contribution in [3.8, 4) is 0 Å². The summed E-state index contributed by atoms with van der Waals surface area (Å²) in [6, 6.07) is 2.41. The summed E-state index contributed by atoms with van der Waals surface area (Å²) in [5.41, 5.74) is 0.0697. The van der Waals surface area contributed by atoms with Crippen LogP contribution in [0.5, 0.6) is 0 Å². The maximum atomic E-state index is 14.5. The van der Waals surface area contributed by atoms with Gasteiger partial charge in [0.1, 0.15) is 17.9 Å². The Kier molecular flexibility index (Phi) is 4.59. The van der Waals surface area contributed by atoms with Crippen LogP contribution in [0.2, 0.25) is 0 Å². The molecule has 2 aliphatic heterocycles. The van der Waals surface area contributed by atoms with Crippen molar-refractivity contribution in [2.24, 2.45) is 5.92 Å². The average Bonchev–Trinajstić information content (AvgIpc) is 2.56. The second-order valence-corrected chi connectivity index (χ2v) is 6.31. The number of imide groups is 1. The third kappa shape index (κ3) is 3.16. The number of carbonyl (C=O) groups excluding carboxylic acids is 3. The number of halogens is 2. The Labute approximate surface area is 138 Å². The van der Waals surface area contributed by atoms with Crippen LogP contribution in [-0.2, 0) is 14.4 Å². The molecule has 24 heavy (non-hydrogen) atoms. The van der Waals surface area contributed by atoms with Crippen LogP contribution in [0.15, 0.2) is 12.1 Å². The van der Waals surface area contributed by atoms with Crippen molar-refractivity contribution in [2.75, 3.05) is 18.0 Å². The third-order valence-electron chi connectivity index (χ3n) is 4.67. The minimum Gasteiger partial charge on any atom is -0.371 e. The maximum absolute atomic E-state index is 14.5. The lowest BCUT2D eigenvalue weighted by atomic mass is 9.89. The van der Waals surface area contributed by atoms with Gasteiger partial charge in [0.05, 0.1) is 5.92 Å². The zero-order chi connectivity index (χ0) is 17.3. The molecule has 2 amide bonds. The van der Waals surface area contributed by atoms with E-state index in [1.807, 2.05) is 0 Å². The number of amides is 2. The first kappa shape index (κ1) is 16.5. The predicted molar refractivity (Wildman–Crippen MR) is 82.5 cm³/mol. The van der Waals surface area contributed by atoms with Gasteiger partial charge in [0.15, 0.2) is 0 Å². The van der Waals surface area contributed by atoms with E-state index in [9.17, 15) is 23.2 Å². The summed E-state index contributed by atoms with van der Waals surface area (Å²) in [4.78, 5) is 35.8. The zero-order valence-electron chi connectivity index (χ0n) is 13.1. The summed E-state index contributed by atoms with van der Waals surface area (Å²) in [6.45, 7) is 1.06. The van der Waals surface area contributed by atoms with Gasteiger partial charge in [-0.05, 0) is 31.4 Å². The van der Waals surface area contributed by atoms with Crippen molar-refractivity contribution in [3.63, 3.8) is 0 Å². The van der Waals surface area contributed by atoms with Gasteiger partial charge in [0, 0.05) is 36.7 Å². The number of piperidine rings is 2. The number of carbonyl (C=O) groups is 3. The highest BCUT2D eigenvalue weighted by atomic mass is 19.1. The number of nitrogens with zero attached hydrogens (tertiary/aromatic N) is 1. The number of hydrogen-bond acceptors (Lipinski definition) is 4. The molecule has 1 N–H and O–H groups in total. The maximum Gasteiger partial charge on any atom is 0.234 e. The van der Waals surface area contributed by atoms with E-state index < -0.39 is 29.4 Å². The molecule has 5 nitrogen and oxygen atoms in total. The zero-order valence-corrected chi connectivity index (χ0v) is 13.1. The van der Waals surface area contributed by atoms with Gasteiger partial charge >= 0.3 is 0 Å². The highest BCUT2D eigenvalue weighted by Crippen LogP contribution is 2.33. The largest absolute Gasteiger partial charge is 0.371 e. The fourth-order valence-electron chi connectivity index (χ4n) is 3.41. The van der Waals surface area contributed by atoms with Crippen LogP contribution >= 0.6 is 0 Å². The normalized spacial score (nSPS) is 24.7. The standard InChI is InChI=1S/C17H18F2N2O3/c18-13-6-11(21-5-1-2-10(8-21)9-22)7-14(19)16(13)12-3-4-15(23)20-17(12)24/h6-7,9-10,12H,1-5,8H2,(H,20,23,24)/t10-,12?/m0/s1. The topological polar surface area (TPSA) is 66.5 Å². The van der Waals surface area contributed by atoms with Crippen LogP contribution in [0.4, 0.5) is 14.5 Å². The first-order chi connectivity index (χ1) is 11.5. The third-order valence-corrected chi connectivity index (χ3v) is 4.67. The van der Waals surface area contributed by atoms with Gasteiger partial charge in [-0.15, -0.1) is 0 Å². The van der Waals surface area contributed by atoms with Gasteiger partial charge < -0.3 is 9.69 Å². The molecule has 2 fully saturated rings. The van der Waals surface area contributed by atoms with E-state index in [-0.39, 0.29) is 24.3 Å². The number of benzene rings is 1. The summed E-state index contributed by atoms with van der Waals surface area (Å²) >= 11 is 0. The molecule has 0 saturated carbocycles. The van der Waals surface area contributed by atoms with Crippen LogP contribution in [0.3, 0.4) is 0 Å². The molecule has 0 radical (unpaired) electrons. The first-order valence-corrected chi connectivity index (χ1v) is 8.02. The van der Waals surface area contributed by atoms with Crippen molar-refractivity contribution in [3.05, 3.63) is 29.3 Å². The monoisotopic (exact) mass is 336 g/mol. The lowest BCUT2D eigenvalue weighted by Crippen LogP contribution is -2.40. The predicted octanol–water partition coefficient (Wildman–Crippen LogP) is 1.90. The summed E-state index contributed by atoms with van der Waals surface area (Å²) in [6.07, 6.45) is 2.58. The quantitative estimate of drug-likeness (QED) is 0.676. The molecule has 2 saturated heterocycles. The fourth-order valence-corrected chi connectivity index (χ4v) is 3.41. The van der Waals surface area contributed by atoms with E-state index in [0.29, 0.717) is 18.8 Å². The lowest BCUT2D eigenvalue weighted by molar-refractivity contribution is -0.134. The second kappa shape index (κ2) is 6.67. The Morgan fingerprint density at radius 1 is 1.17 bits per heavy atom. The van der Waals surface area contributed by atoms with Crippen LogP contribution in [-0.4, -0.2) is 31.2 Å². The van der Waals surface area contributed by atoms with Gasteiger partial charge in [-0.1, -0.05) is 0 Å². The van der Waals surface area contributed by atoms with Crippen molar-refractivity contribution in [1.29, 1.82) is 0 Å². The molecule has 0 aromatic heterocycles. The van der Waals surface area contributed by atoms with Gasteiger partial charge in [0.2, 0.25) is 11.8 Å². The van der Waals surface area contributed by atoms with Crippen molar-refractivity contribution in [2.45, 2.75) is 31.6 Å². The van der Waals surface area contributed by atoms with Crippen LogP contribution in [0, 0.1) is 17.6 Å². The van der Waals surface area contributed by atoms with Crippen LogP contribution in [0.1, 0.15) is 37.2 Å². The molecule has 1 unspecified atom stereocenters. The first-order valence-electron chi connectivity index (χ1n) is 8.02. The molecule has 2 atom stereocenters. The summed E-state index contributed by atoms with van der Waals surface area (Å²) in [5.74, 6) is -3.83. The molecule has 1 aromatic carbocycles. The van der Waals surface area contributed by atoms with Crippen LogP contribution in [0.25, 0.3) is 0 Å². The molecule has 0 bridgehead atoms. The number of nitrogens with one attached hydrogen (secondary N) is 1. The molecule has 128 valence electrons. The smallest absolute Gasteiger partial charge is 0.234 e.